The summed E-state index contributed by atoms with van der Waals surface area (Å²) in [7, 11) is 0. The number of rotatable bonds is 4. The molecule has 106 valence electrons. The molecule has 0 heterocycles. The maximum absolute atomic E-state index is 13.4. The van der Waals surface area contributed by atoms with Gasteiger partial charge in [0.15, 0.2) is 0 Å². The van der Waals surface area contributed by atoms with E-state index in [1.165, 1.54) is 12.1 Å². The Labute approximate surface area is 113 Å². The van der Waals surface area contributed by atoms with E-state index in [1.807, 2.05) is 13.8 Å². The first-order valence-corrected chi connectivity index (χ1v) is 6.22. The van der Waals surface area contributed by atoms with Gasteiger partial charge in [0, 0.05) is 17.3 Å². The monoisotopic (exact) mass is 268 g/mol. The third-order valence-corrected chi connectivity index (χ3v) is 2.55. The van der Waals surface area contributed by atoms with Gasteiger partial charge in [-0.25, -0.2) is 4.39 Å². The molecule has 4 nitrogen and oxygen atoms in total. The minimum Gasteiger partial charge on any atom is -0.380 e. The number of hydrogen-bond donors (Lipinski definition) is 1. The van der Waals surface area contributed by atoms with E-state index in [9.17, 15) is 14.5 Å². The zero-order valence-electron chi connectivity index (χ0n) is 12.1. The lowest BCUT2D eigenvalue weighted by molar-refractivity contribution is -0.385. The van der Waals surface area contributed by atoms with Crippen LogP contribution in [-0.2, 0) is 0 Å². The van der Waals surface area contributed by atoms with E-state index < -0.39 is 10.7 Å². The molecule has 0 saturated heterocycles. The minimum atomic E-state index is -0.608. The van der Waals surface area contributed by atoms with Crippen molar-refractivity contribution in [1.29, 1.82) is 0 Å². The SMILES string of the molecule is CC(C)(C)CC(C)(C)Nc1cc(F)cc([N+](=O)[O-])c1. The third-order valence-electron chi connectivity index (χ3n) is 2.55. The van der Waals surface area contributed by atoms with Gasteiger partial charge in [-0.2, -0.15) is 0 Å². The first kappa shape index (κ1) is 15.4. The molecule has 0 spiro atoms. The summed E-state index contributed by atoms with van der Waals surface area (Å²) in [5.74, 6) is -0.608. The lowest BCUT2D eigenvalue weighted by Gasteiger charge is -2.34. The van der Waals surface area contributed by atoms with Crippen molar-refractivity contribution in [3.05, 3.63) is 34.1 Å². The van der Waals surface area contributed by atoms with Gasteiger partial charge in [-0.1, -0.05) is 20.8 Å². The van der Waals surface area contributed by atoms with Crippen LogP contribution in [0.2, 0.25) is 0 Å². The Kier molecular flexibility index (Phi) is 4.18. The molecule has 0 amide bonds. The maximum atomic E-state index is 13.4. The average molecular weight is 268 g/mol. The molecule has 1 N–H and O–H groups in total. The van der Waals surface area contributed by atoms with Gasteiger partial charge in [0.2, 0.25) is 0 Å². The molecule has 0 saturated carbocycles. The highest BCUT2D eigenvalue weighted by molar-refractivity contribution is 5.52. The molecule has 0 atom stereocenters. The molecule has 19 heavy (non-hydrogen) atoms. The molecule has 0 aliphatic carbocycles. The summed E-state index contributed by atoms with van der Waals surface area (Å²) >= 11 is 0. The van der Waals surface area contributed by atoms with E-state index in [0.717, 1.165) is 12.5 Å². The second kappa shape index (κ2) is 5.15. The number of halogens is 1. The van der Waals surface area contributed by atoms with E-state index in [2.05, 4.69) is 26.1 Å². The predicted molar refractivity (Wildman–Crippen MR) is 74.8 cm³/mol. The Morgan fingerprint density at radius 1 is 1.21 bits per heavy atom. The summed E-state index contributed by atoms with van der Waals surface area (Å²) in [6.07, 6.45) is 0.851. The van der Waals surface area contributed by atoms with Crippen LogP contribution in [-0.4, -0.2) is 10.5 Å². The van der Waals surface area contributed by atoms with Crippen LogP contribution in [0.4, 0.5) is 15.8 Å². The molecule has 0 bridgehead atoms. The van der Waals surface area contributed by atoms with Gasteiger partial charge in [0.25, 0.3) is 5.69 Å². The van der Waals surface area contributed by atoms with Crippen molar-refractivity contribution in [1.82, 2.24) is 0 Å². The van der Waals surface area contributed by atoms with E-state index in [-0.39, 0.29) is 16.6 Å². The largest absolute Gasteiger partial charge is 0.380 e. The lowest BCUT2D eigenvalue weighted by atomic mass is 9.81. The van der Waals surface area contributed by atoms with Crippen molar-refractivity contribution in [2.24, 2.45) is 5.41 Å². The molecule has 1 rings (SSSR count). The summed E-state index contributed by atoms with van der Waals surface area (Å²) < 4.78 is 13.4. The highest BCUT2D eigenvalue weighted by Gasteiger charge is 2.25. The Bertz CT molecular complexity index is 479. The molecule has 0 aliphatic heterocycles. The number of anilines is 1. The zero-order chi connectivity index (χ0) is 14.8. The van der Waals surface area contributed by atoms with Crippen LogP contribution in [0, 0.1) is 21.3 Å². The van der Waals surface area contributed by atoms with Gasteiger partial charge in [-0.3, -0.25) is 10.1 Å². The quantitative estimate of drug-likeness (QED) is 0.652. The Balaban J connectivity index is 2.96. The van der Waals surface area contributed by atoms with Crippen LogP contribution in [0.25, 0.3) is 0 Å². The predicted octanol–water partition coefficient (Wildman–Crippen LogP) is 4.36. The molecule has 0 aromatic heterocycles. The first-order chi connectivity index (χ1) is 8.48. The Morgan fingerprint density at radius 2 is 1.79 bits per heavy atom. The molecule has 5 heteroatoms. The summed E-state index contributed by atoms with van der Waals surface area (Å²) in [4.78, 5) is 10.1. The van der Waals surface area contributed by atoms with E-state index in [4.69, 9.17) is 0 Å². The van der Waals surface area contributed by atoms with Gasteiger partial charge in [-0.05, 0) is 31.7 Å². The number of nitro groups is 1. The van der Waals surface area contributed by atoms with Crippen molar-refractivity contribution in [3.8, 4) is 0 Å². The fraction of sp³-hybridized carbons (Fsp3) is 0.571. The summed E-state index contributed by atoms with van der Waals surface area (Å²) in [6.45, 7) is 10.3. The van der Waals surface area contributed by atoms with Crippen molar-refractivity contribution < 1.29 is 9.31 Å². The van der Waals surface area contributed by atoms with Gasteiger partial charge in [0.05, 0.1) is 11.0 Å². The molecule has 1 aromatic carbocycles. The highest BCUT2D eigenvalue weighted by atomic mass is 19.1. The summed E-state index contributed by atoms with van der Waals surface area (Å²) in [6, 6.07) is 3.55. The highest BCUT2D eigenvalue weighted by Crippen LogP contribution is 2.31. The fourth-order valence-electron chi connectivity index (χ4n) is 2.51. The second-order valence-electron chi connectivity index (χ2n) is 6.70. The average Bonchev–Trinajstić information content (AvgIpc) is 2.10. The number of nitrogens with one attached hydrogen (secondary N) is 1. The lowest BCUT2D eigenvalue weighted by Crippen LogP contribution is -2.35. The van der Waals surface area contributed by atoms with Crippen molar-refractivity contribution >= 4 is 11.4 Å². The van der Waals surface area contributed by atoms with Crippen LogP contribution < -0.4 is 5.32 Å². The Hall–Kier alpha value is -1.65. The summed E-state index contributed by atoms with van der Waals surface area (Å²) in [5, 5.41) is 13.9. The number of nitro benzene ring substituents is 1. The number of hydrogen-bond acceptors (Lipinski definition) is 3. The second-order valence-corrected chi connectivity index (χ2v) is 6.70. The van der Waals surface area contributed by atoms with Crippen molar-refractivity contribution in [2.75, 3.05) is 5.32 Å². The van der Waals surface area contributed by atoms with Gasteiger partial charge < -0.3 is 5.32 Å². The van der Waals surface area contributed by atoms with Crippen LogP contribution in [0.5, 0.6) is 0 Å². The number of nitrogens with zero attached hydrogens (tertiary/aromatic N) is 1. The smallest absolute Gasteiger partial charge is 0.274 e. The molecule has 0 unspecified atom stereocenters. The van der Waals surface area contributed by atoms with Crippen LogP contribution in [0.15, 0.2) is 18.2 Å². The minimum absolute atomic E-state index is 0.107. The third kappa shape index (κ3) is 5.24. The number of non-ortho nitro benzene ring substituents is 1. The summed E-state index contributed by atoms with van der Waals surface area (Å²) in [5.41, 5.74) is 0.0189. The van der Waals surface area contributed by atoms with Crippen LogP contribution in [0.1, 0.15) is 41.0 Å². The normalized spacial score (nSPS) is 12.3. The van der Waals surface area contributed by atoms with Crippen molar-refractivity contribution in [2.45, 2.75) is 46.6 Å². The molecule has 1 aromatic rings. The first-order valence-electron chi connectivity index (χ1n) is 6.22. The van der Waals surface area contributed by atoms with Gasteiger partial charge in [-0.15, -0.1) is 0 Å². The van der Waals surface area contributed by atoms with E-state index in [0.29, 0.717) is 5.69 Å². The molecule has 0 aliphatic rings. The van der Waals surface area contributed by atoms with Crippen LogP contribution in [0.3, 0.4) is 0 Å². The fourth-order valence-corrected chi connectivity index (χ4v) is 2.51. The molecular formula is C14H21FN2O2. The topological polar surface area (TPSA) is 55.2 Å². The molecular weight excluding hydrogens is 247 g/mol. The van der Waals surface area contributed by atoms with Gasteiger partial charge in [0.1, 0.15) is 5.82 Å². The maximum Gasteiger partial charge on any atom is 0.274 e. The number of benzene rings is 1. The van der Waals surface area contributed by atoms with E-state index >= 15 is 0 Å². The van der Waals surface area contributed by atoms with Crippen molar-refractivity contribution in [3.63, 3.8) is 0 Å². The molecule has 0 radical (unpaired) electrons. The van der Waals surface area contributed by atoms with Gasteiger partial charge >= 0.3 is 0 Å². The molecule has 0 fully saturated rings. The Morgan fingerprint density at radius 3 is 2.26 bits per heavy atom. The van der Waals surface area contributed by atoms with Crippen LogP contribution >= 0.6 is 0 Å². The standard InChI is InChI=1S/C14H21FN2O2/c1-13(2,3)9-14(4,5)16-11-6-10(15)7-12(8-11)17(18)19/h6-8,16H,9H2,1-5H3. The van der Waals surface area contributed by atoms with E-state index in [1.54, 1.807) is 0 Å². The zero-order valence-corrected chi connectivity index (χ0v) is 12.1.